The van der Waals surface area contributed by atoms with Crippen molar-refractivity contribution in [2.24, 2.45) is 0 Å². The lowest BCUT2D eigenvalue weighted by atomic mass is 10.0. The SMILES string of the molecule is C#CCN1CN(C[C@@H]2CCCO2)C(=O)c2c(O)c(=O)c(C(=O)CCc3ccc(F)cc3F)cn21. The van der Waals surface area contributed by atoms with Gasteiger partial charge in [0.25, 0.3) is 5.91 Å². The number of ether oxygens (including phenoxy) is 1. The van der Waals surface area contributed by atoms with Crippen LogP contribution in [0.1, 0.15) is 45.7 Å². The average Bonchev–Trinajstić information content (AvgIpc) is 3.31. The molecule has 1 N–H and O–H groups in total. The molecular weight excluding hydrogens is 448 g/mol. The summed E-state index contributed by atoms with van der Waals surface area (Å²) in [5, 5.41) is 12.2. The zero-order valence-corrected chi connectivity index (χ0v) is 18.3. The molecule has 2 aliphatic rings. The second-order valence-corrected chi connectivity index (χ2v) is 8.25. The number of aryl methyl sites for hydroxylation is 1. The van der Waals surface area contributed by atoms with E-state index < -0.39 is 34.5 Å². The van der Waals surface area contributed by atoms with Gasteiger partial charge < -0.3 is 14.7 Å². The van der Waals surface area contributed by atoms with Crippen LogP contribution in [-0.2, 0) is 11.2 Å². The summed E-state index contributed by atoms with van der Waals surface area (Å²) < 4.78 is 33.8. The number of halogens is 2. The van der Waals surface area contributed by atoms with Gasteiger partial charge in [-0.3, -0.25) is 24.1 Å². The van der Waals surface area contributed by atoms with Crippen LogP contribution >= 0.6 is 0 Å². The monoisotopic (exact) mass is 471 g/mol. The van der Waals surface area contributed by atoms with E-state index in [1.165, 1.54) is 21.8 Å². The molecule has 3 heterocycles. The quantitative estimate of drug-likeness (QED) is 0.489. The highest BCUT2D eigenvalue weighted by atomic mass is 19.1. The van der Waals surface area contributed by atoms with Gasteiger partial charge in [0.1, 0.15) is 18.3 Å². The maximum atomic E-state index is 13.9. The predicted octanol–water partition coefficient (Wildman–Crippen LogP) is 1.81. The lowest BCUT2D eigenvalue weighted by Crippen LogP contribution is -2.56. The van der Waals surface area contributed by atoms with E-state index in [0.717, 1.165) is 18.9 Å². The number of Topliss-reactive ketones (excluding diaryl/α,β-unsaturated/α-hetero) is 1. The van der Waals surface area contributed by atoms with E-state index in [9.17, 15) is 28.3 Å². The minimum atomic E-state index is -0.996. The van der Waals surface area contributed by atoms with Crippen LogP contribution in [0.15, 0.2) is 29.2 Å². The van der Waals surface area contributed by atoms with Gasteiger partial charge in [-0.25, -0.2) is 8.78 Å². The predicted molar refractivity (Wildman–Crippen MR) is 118 cm³/mol. The molecule has 0 radical (unpaired) electrons. The number of hydrogen-bond donors (Lipinski definition) is 1. The van der Waals surface area contributed by atoms with Gasteiger partial charge in [-0.2, -0.15) is 0 Å². The summed E-state index contributed by atoms with van der Waals surface area (Å²) in [5.41, 5.74) is -1.52. The van der Waals surface area contributed by atoms with E-state index in [4.69, 9.17) is 11.2 Å². The number of hydrogen-bond acceptors (Lipinski definition) is 6. The number of terminal acetylenes is 1. The number of aromatic nitrogens is 1. The van der Waals surface area contributed by atoms with Crippen LogP contribution in [0.5, 0.6) is 5.75 Å². The van der Waals surface area contributed by atoms with Crippen molar-refractivity contribution in [3.05, 3.63) is 63.1 Å². The lowest BCUT2D eigenvalue weighted by molar-refractivity contribution is 0.0461. The van der Waals surface area contributed by atoms with Gasteiger partial charge in [-0.05, 0) is 30.9 Å². The van der Waals surface area contributed by atoms with E-state index >= 15 is 0 Å². The first-order chi connectivity index (χ1) is 16.3. The highest BCUT2D eigenvalue weighted by molar-refractivity contribution is 6.00. The molecule has 10 heteroatoms. The first-order valence-corrected chi connectivity index (χ1v) is 10.9. The highest BCUT2D eigenvalue weighted by Gasteiger charge is 2.35. The van der Waals surface area contributed by atoms with Crippen molar-refractivity contribution in [1.29, 1.82) is 0 Å². The molecule has 1 saturated heterocycles. The van der Waals surface area contributed by atoms with Crippen molar-refractivity contribution in [3.8, 4) is 18.1 Å². The van der Waals surface area contributed by atoms with Crippen LogP contribution in [0.4, 0.5) is 8.78 Å². The Balaban J connectivity index is 1.63. The van der Waals surface area contributed by atoms with Gasteiger partial charge in [0.15, 0.2) is 17.2 Å². The van der Waals surface area contributed by atoms with Crippen molar-refractivity contribution in [2.45, 2.75) is 31.8 Å². The van der Waals surface area contributed by atoms with Crippen LogP contribution in [-0.4, -0.2) is 58.8 Å². The van der Waals surface area contributed by atoms with Gasteiger partial charge >= 0.3 is 0 Å². The van der Waals surface area contributed by atoms with Crippen molar-refractivity contribution >= 4 is 11.7 Å². The molecule has 0 unspecified atom stereocenters. The Kier molecular flexibility index (Phi) is 6.65. The molecule has 34 heavy (non-hydrogen) atoms. The second kappa shape index (κ2) is 9.65. The van der Waals surface area contributed by atoms with E-state index in [-0.39, 0.29) is 55.5 Å². The highest BCUT2D eigenvalue weighted by Crippen LogP contribution is 2.24. The summed E-state index contributed by atoms with van der Waals surface area (Å²) in [7, 11) is 0. The Hall–Kier alpha value is -3.71. The van der Waals surface area contributed by atoms with Gasteiger partial charge in [-0.15, -0.1) is 6.42 Å². The number of amides is 1. The number of ketones is 1. The molecule has 0 bridgehead atoms. The number of pyridine rings is 1. The molecule has 8 nitrogen and oxygen atoms in total. The van der Waals surface area contributed by atoms with Crippen LogP contribution in [0.2, 0.25) is 0 Å². The van der Waals surface area contributed by atoms with Crippen LogP contribution in [0.25, 0.3) is 0 Å². The van der Waals surface area contributed by atoms with E-state index in [1.54, 1.807) is 5.01 Å². The lowest BCUT2D eigenvalue weighted by Gasteiger charge is -2.39. The van der Waals surface area contributed by atoms with Crippen LogP contribution < -0.4 is 10.4 Å². The van der Waals surface area contributed by atoms with E-state index in [2.05, 4.69) is 5.92 Å². The molecule has 2 aromatic rings. The molecule has 1 atom stereocenters. The minimum absolute atomic E-state index is 0.0407. The van der Waals surface area contributed by atoms with Crippen molar-refractivity contribution < 1.29 is 28.2 Å². The zero-order valence-electron chi connectivity index (χ0n) is 18.3. The number of aromatic hydroxyl groups is 1. The number of carbonyl (C=O) groups is 2. The molecule has 2 aliphatic heterocycles. The van der Waals surface area contributed by atoms with E-state index in [1.807, 2.05) is 0 Å². The normalized spacial score (nSPS) is 17.6. The Morgan fingerprint density at radius 3 is 2.76 bits per heavy atom. The first-order valence-electron chi connectivity index (χ1n) is 10.9. The average molecular weight is 471 g/mol. The minimum Gasteiger partial charge on any atom is -0.502 e. The van der Waals surface area contributed by atoms with Crippen molar-refractivity contribution in [3.63, 3.8) is 0 Å². The molecule has 0 saturated carbocycles. The molecule has 4 rings (SSSR count). The molecular formula is C24H23F2N3O5. The topological polar surface area (TPSA) is 92.1 Å². The molecule has 1 amide bonds. The van der Waals surface area contributed by atoms with Crippen LogP contribution in [0, 0.1) is 24.0 Å². The number of benzene rings is 1. The Morgan fingerprint density at radius 1 is 1.29 bits per heavy atom. The third-order valence-corrected chi connectivity index (χ3v) is 5.95. The van der Waals surface area contributed by atoms with Gasteiger partial charge in [0, 0.05) is 31.8 Å². The summed E-state index contributed by atoms with van der Waals surface area (Å²) in [5.74, 6) is -1.16. The van der Waals surface area contributed by atoms with Crippen molar-refractivity contribution in [2.75, 3.05) is 31.4 Å². The van der Waals surface area contributed by atoms with Crippen molar-refractivity contribution in [1.82, 2.24) is 9.58 Å². The molecule has 1 fully saturated rings. The zero-order chi connectivity index (χ0) is 24.4. The smallest absolute Gasteiger partial charge is 0.277 e. The maximum absolute atomic E-state index is 13.9. The number of fused-ring (bicyclic) bond motifs is 1. The van der Waals surface area contributed by atoms with Gasteiger partial charge in [-0.1, -0.05) is 12.0 Å². The summed E-state index contributed by atoms with van der Waals surface area (Å²) in [6, 6.07) is 3.02. The fourth-order valence-electron chi connectivity index (χ4n) is 4.20. The molecule has 178 valence electrons. The summed E-state index contributed by atoms with van der Waals surface area (Å²) in [6.07, 6.45) is 7.85. The third-order valence-electron chi connectivity index (χ3n) is 5.95. The fraction of sp³-hybridized carbons (Fsp3) is 0.375. The largest absolute Gasteiger partial charge is 0.502 e. The number of nitrogens with zero attached hydrogens (tertiary/aromatic N) is 3. The summed E-state index contributed by atoms with van der Waals surface area (Å²) in [6.45, 7) is 0.998. The Labute approximate surface area is 194 Å². The Morgan fingerprint density at radius 2 is 2.09 bits per heavy atom. The number of rotatable bonds is 7. The first kappa shape index (κ1) is 23.4. The second-order valence-electron chi connectivity index (χ2n) is 8.25. The number of carbonyl (C=O) groups excluding carboxylic acids is 2. The van der Waals surface area contributed by atoms with E-state index in [0.29, 0.717) is 12.7 Å². The molecule has 0 spiro atoms. The van der Waals surface area contributed by atoms with Crippen LogP contribution in [0.3, 0.4) is 0 Å². The summed E-state index contributed by atoms with van der Waals surface area (Å²) in [4.78, 5) is 40.2. The molecule has 0 aliphatic carbocycles. The Bertz CT molecular complexity index is 1230. The maximum Gasteiger partial charge on any atom is 0.277 e. The van der Waals surface area contributed by atoms with Gasteiger partial charge in [0.2, 0.25) is 5.43 Å². The third kappa shape index (κ3) is 4.52. The fourth-order valence-corrected chi connectivity index (χ4v) is 4.20. The standard InChI is InChI=1S/C24H23F2N3O5/c1-2-9-28-14-27(12-17-4-3-10-34-17)24(33)21-23(32)22(31)18(13-29(21)28)20(30)8-6-15-5-7-16(25)11-19(15)26/h1,5,7,11,13,17,32H,3-4,6,8-10,12,14H2/t17-/m0/s1. The molecule has 1 aromatic carbocycles. The summed E-state index contributed by atoms with van der Waals surface area (Å²) >= 11 is 0. The molecule has 1 aromatic heterocycles. The van der Waals surface area contributed by atoms with Gasteiger partial charge in [0.05, 0.1) is 18.2 Å².